The average molecular weight is 435 g/mol. The summed E-state index contributed by atoms with van der Waals surface area (Å²) >= 11 is 6.86. The maximum absolute atomic E-state index is 12.7. The molecule has 0 bridgehead atoms. The van der Waals surface area contributed by atoms with Crippen LogP contribution in [-0.4, -0.2) is 22.5 Å². The Labute approximate surface area is 163 Å². The zero-order chi connectivity index (χ0) is 18.0. The van der Waals surface area contributed by atoms with Crippen LogP contribution in [0, 0.1) is 13.8 Å². The number of hydrogen-bond acceptors (Lipinski definition) is 3. The molecule has 3 aromatic rings. The smallest absolute Gasteiger partial charge is 0.279 e. The van der Waals surface area contributed by atoms with Crippen molar-refractivity contribution in [1.82, 2.24) is 4.57 Å². The van der Waals surface area contributed by atoms with E-state index in [1.807, 2.05) is 38.1 Å². The second-order valence-electron chi connectivity index (χ2n) is 5.88. The van der Waals surface area contributed by atoms with Crippen molar-refractivity contribution in [3.63, 3.8) is 0 Å². The Hall–Kier alpha value is -1.37. The molecule has 3 nitrogen and oxygen atoms in total. The van der Waals surface area contributed by atoms with E-state index < -0.39 is 0 Å². The van der Waals surface area contributed by atoms with Crippen LogP contribution in [0.15, 0.2) is 45.9 Å². The summed E-state index contributed by atoms with van der Waals surface area (Å²) in [6.45, 7) is 4.82. The largest absolute Gasteiger partial charge is 0.316 e. The van der Waals surface area contributed by atoms with Gasteiger partial charge >= 0.3 is 0 Å². The van der Waals surface area contributed by atoms with E-state index >= 15 is 0 Å². The van der Waals surface area contributed by atoms with Crippen LogP contribution in [0.4, 0.5) is 0 Å². The quantitative estimate of drug-likeness (QED) is 0.566. The third-order valence-corrected chi connectivity index (χ3v) is 6.10. The van der Waals surface area contributed by atoms with Crippen molar-refractivity contribution in [3.05, 3.63) is 62.4 Å². The fourth-order valence-electron chi connectivity index (χ4n) is 2.73. The van der Waals surface area contributed by atoms with Gasteiger partial charge in [0.15, 0.2) is 4.80 Å². The first-order valence-corrected chi connectivity index (χ1v) is 10.9. The molecule has 2 aromatic carbocycles. The Balaban J connectivity index is 2.12. The van der Waals surface area contributed by atoms with E-state index in [1.165, 1.54) is 0 Å². The van der Waals surface area contributed by atoms with Crippen molar-refractivity contribution in [2.24, 2.45) is 4.99 Å². The zero-order valence-corrected chi connectivity index (χ0v) is 17.6. The number of amides is 1. The van der Waals surface area contributed by atoms with Crippen LogP contribution in [0.3, 0.4) is 0 Å². The minimum atomic E-state index is -0.180. The van der Waals surface area contributed by atoms with E-state index in [9.17, 15) is 4.79 Å². The molecular weight excluding hydrogens is 416 g/mol. The van der Waals surface area contributed by atoms with Gasteiger partial charge in [0, 0.05) is 22.3 Å². The monoisotopic (exact) mass is 434 g/mol. The van der Waals surface area contributed by atoms with Crippen LogP contribution >= 0.6 is 39.0 Å². The highest BCUT2D eigenvalue weighted by Crippen LogP contribution is 2.22. The number of nitrogens with zero attached hydrogens (tertiary/aromatic N) is 2. The number of halogens is 1. The van der Waals surface area contributed by atoms with Gasteiger partial charge in [0.05, 0.1) is 10.2 Å². The number of benzene rings is 2. The number of thiazole rings is 1. The van der Waals surface area contributed by atoms with Gasteiger partial charge in [0.25, 0.3) is 5.91 Å². The van der Waals surface area contributed by atoms with Gasteiger partial charge in [-0.2, -0.15) is 16.8 Å². The molecule has 130 valence electrons. The van der Waals surface area contributed by atoms with Crippen LogP contribution in [0.25, 0.3) is 10.2 Å². The number of hydrogen-bond donors (Lipinski definition) is 0. The molecule has 0 aliphatic heterocycles. The van der Waals surface area contributed by atoms with Gasteiger partial charge in [-0.05, 0) is 49.9 Å². The van der Waals surface area contributed by atoms with Crippen molar-refractivity contribution >= 4 is 55.2 Å². The van der Waals surface area contributed by atoms with Crippen molar-refractivity contribution in [3.8, 4) is 0 Å². The van der Waals surface area contributed by atoms with E-state index in [1.54, 1.807) is 23.1 Å². The van der Waals surface area contributed by atoms with E-state index in [-0.39, 0.29) is 5.91 Å². The lowest BCUT2D eigenvalue weighted by atomic mass is 10.1. The molecule has 0 unspecified atom stereocenters. The Morgan fingerprint density at radius 2 is 2.04 bits per heavy atom. The predicted octanol–water partition coefficient (Wildman–Crippen LogP) is 5.19. The Kier molecular flexibility index (Phi) is 5.81. The maximum Gasteiger partial charge on any atom is 0.279 e. The number of aromatic nitrogens is 1. The first kappa shape index (κ1) is 18.4. The Morgan fingerprint density at radius 3 is 2.76 bits per heavy atom. The van der Waals surface area contributed by atoms with Gasteiger partial charge in [-0.3, -0.25) is 4.79 Å². The summed E-state index contributed by atoms with van der Waals surface area (Å²) in [6.07, 6.45) is 2.09. The zero-order valence-electron chi connectivity index (χ0n) is 14.4. The van der Waals surface area contributed by atoms with Crippen LogP contribution < -0.4 is 4.80 Å². The standard InChI is InChI=1S/C19H19BrN2OS2/c1-12-4-6-15(13(2)10-12)18(23)21-19-22(8-9-24-3)16-7-5-14(20)11-17(16)25-19/h4-7,10-11H,8-9H2,1-3H3. The van der Waals surface area contributed by atoms with Crippen molar-refractivity contribution in [2.75, 3.05) is 12.0 Å². The second-order valence-corrected chi connectivity index (χ2v) is 8.79. The summed E-state index contributed by atoms with van der Waals surface area (Å²) in [5.74, 6) is 0.799. The topological polar surface area (TPSA) is 34.4 Å². The van der Waals surface area contributed by atoms with Gasteiger partial charge in [0.2, 0.25) is 0 Å². The highest BCUT2D eigenvalue weighted by molar-refractivity contribution is 9.10. The fourth-order valence-corrected chi connectivity index (χ4v) is 4.70. The van der Waals surface area contributed by atoms with E-state index in [0.29, 0.717) is 5.56 Å². The third kappa shape index (κ3) is 4.07. The number of carbonyl (C=O) groups excluding carboxylic acids is 1. The van der Waals surface area contributed by atoms with Gasteiger partial charge < -0.3 is 4.57 Å². The second kappa shape index (κ2) is 7.89. The van der Waals surface area contributed by atoms with Crippen LogP contribution in [0.5, 0.6) is 0 Å². The SMILES string of the molecule is CSCCn1c(=NC(=O)c2ccc(C)cc2C)sc2cc(Br)ccc21. The van der Waals surface area contributed by atoms with E-state index in [4.69, 9.17) is 0 Å². The first-order chi connectivity index (χ1) is 12.0. The first-order valence-electron chi connectivity index (χ1n) is 7.94. The normalized spacial score (nSPS) is 12.1. The molecule has 0 N–H and O–H groups in total. The van der Waals surface area contributed by atoms with Crippen molar-refractivity contribution < 1.29 is 4.79 Å². The van der Waals surface area contributed by atoms with Crippen molar-refractivity contribution in [1.29, 1.82) is 0 Å². The van der Waals surface area contributed by atoms with Gasteiger partial charge in [-0.1, -0.05) is 45.0 Å². The van der Waals surface area contributed by atoms with Crippen molar-refractivity contribution in [2.45, 2.75) is 20.4 Å². The lowest BCUT2D eigenvalue weighted by Crippen LogP contribution is -2.18. The van der Waals surface area contributed by atoms with E-state index in [2.05, 4.69) is 43.9 Å². The number of rotatable bonds is 4. The number of fused-ring (bicyclic) bond motifs is 1. The highest BCUT2D eigenvalue weighted by atomic mass is 79.9. The summed E-state index contributed by atoms with van der Waals surface area (Å²) in [5.41, 5.74) is 3.90. The fraction of sp³-hybridized carbons (Fsp3) is 0.263. The van der Waals surface area contributed by atoms with Gasteiger partial charge in [-0.15, -0.1) is 0 Å². The number of thioether (sulfide) groups is 1. The van der Waals surface area contributed by atoms with Crippen LogP contribution in [-0.2, 0) is 6.54 Å². The van der Waals surface area contributed by atoms with Gasteiger partial charge in [-0.25, -0.2) is 0 Å². The van der Waals surface area contributed by atoms with Crippen LogP contribution in [0.1, 0.15) is 21.5 Å². The predicted molar refractivity (Wildman–Crippen MR) is 112 cm³/mol. The molecule has 6 heteroatoms. The summed E-state index contributed by atoms with van der Waals surface area (Å²) in [4.78, 5) is 17.9. The molecule has 1 heterocycles. The summed E-state index contributed by atoms with van der Waals surface area (Å²) in [5, 5.41) is 0. The molecule has 0 saturated carbocycles. The maximum atomic E-state index is 12.7. The molecule has 3 rings (SSSR count). The number of carbonyl (C=O) groups is 1. The molecule has 0 spiro atoms. The van der Waals surface area contributed by atoms with Gasteiger partial charge in [0.1, 0.15) is 0 Å². The lowest BCUT2D eigenvalue weighted by Gasteiger charge is -2.05. The molecule has 0 aliphatic carbocycles. The molecule has 0 saturated heterocycles. The summed E-state index contributed by atoms with van der Waals surface area (Å²) in [7, 11) is 0. The molecular formula is C19H19BrN2OS2. The third-order valence-electron chi connectivity index (χ3n) is 3.97. The highest BCUT2D eigenvalue weighted by Gasteiger charge is 2.11. The molecule has 0 atom stereocenters. The molecule has 0 radical (unpaired) electrons. The van der Waals surface area contributed by atoms with Crippen LogP contribution in [0.2, 0.25) is 0 Å². The summed E-state index contributed by atoms with van der Waals surface area (Å²) < 4.78 is 4.30. The minimum Gasteiger partial charge on any atom is -0.316 e. The molecule has 1 amide bonds. The minimum absolute atomic E-state index is 0.180. The summed E-state index contributed by atoms with van der Waals surface area (Å²) in [6, 6.07) is 12.0. The molecule has 1 aromatic heterocycles. The molecule has 25 heavy (non-hydrogen) atoms. The lowest BCUT2D eigenvalue weighted by molar-refractivity contribution is 0.0997. The molecule has 0 aliphatic rings. The molecule has 0 fully saturated rings. The average Bonchev–Trinajstić information content (AvgIpc) is 2.88. The van der Waals surface area contributed by atoms with E-state index in [0.717, 1.165) is 42.9 Å². The Bertz CT molecular complexity index is 1000. The Morgan fingerprint density at radius 1 is 1.24 bits per heavy atom. The number of aryl methyl sites for hydroxylation is 3.